The number of carbonyl (C=O) groups excluding carboxylic acids is 1. The smallest absolute Gasteiger partial charge is 0.253 e. The van der Waals surface area contributed by atoms with E-state index in [4.69, 9.17) is 9.47 Å². The molecule has 0 radical (unpaired) electrons. The highest BCUT2D eigenvalue weighted by atomic mass is 16.5. The number of guanidine groups is 1. The van der Waals surface area contributed by atoms with E-state index in [2.05, 4.69) is 15.6 Å². The molecular formula is C19H32N4O3. The molecule has 0 atom stereocenters. The first-order chi connectivity index (χ1) is 12.6. The summed E-state index contributed by atoms with van der Waals surface area (Å²) in [6.45, 7) is 5.89. The van der Waals surface area contributed by atoms with Crippen molar-refractivity contribution in [3.63, 3.8) is 0 Å². The molecular weight excluding hydrogens is 332 g/mol. The Morgan fingerprint density at radius 3 is 2.69 bits per heavy atom. The number of hydrogen-bond donors (Lipinski definition) is 2. The second-order valence-electron chi connectivity index (χ2n) is 5.94. The van der Waals surface area contributed by atoms with Crippen LogP contribution in [0, 0.1) is 0 Å². The molecule has 0 saturated carbocycles. The van der Waals surface area contributed by atoms with Gasteiger partial charge in [0.05, 0.1) is 26.4 Å². The lowest BCUT2D eigenvalue weighted by atomic mass is 10.1. The summed E-state index contributed by atoms with van der Waals surface area (Å²) in [4.78, 5) is 18.1. The monoisotopic (exact) mass is 364 g/mol. The second kappa shape index (κ2) is 13.1. The quantitative estimate of drug-likeness (QED) is 0.350. The molecule has 0 spiro atoms. The zero-order chi connectivity index (χ0) is 19.2. The zero-order valence-corrected chi connectivity index (χ0v) is 16.4. The molecule has 1 rings (SSSR count). The molecule has 1 aromatic rings. The maximum atomic E-state index is 12.0. The largest absolute Gasteiger partial charge is 0.382 e. The molecule has 0 aliphatic rings. The Labute approximate surface area is 156 Å². The lowest BCUT2D eigenvalue weighted by molar-refractivity contribution is 0.0748. The highest BCUT2D eigenvalue weighted by Gasteiger charge is 2.08. The average molecular weight is 364 g/mol. The van der Waals surface area contributed by atoms with Gasteiger partial charge in [0, 0.05) is 39.9 Å². The van der Waals surface area contributed by atoms with Gasteiger partial charge in [0.25, 0.3) is 5.91 Å². The number of rotatable bonds is 11. The number of carbonyl (C=O) groups is 1. The van der Waals surface area contributed by atoms with Gasteiger partial charge in [0.1, 0.15) is 0 Å². The maximum absolute atomic E-state index is 12.0. The Morgan fingerprint density at radius 1 is 1.19 bits per heavy atom. The molecule has 0 aliphatic carbocycles. The zero-order valence-electron chi connectivity index (χ0n) is 16.4. The molecule has 0 aliphatic heterocycles. The third-order valence-electron chi connectivity index (χ3n) is 3.57. The van der Waals surface area contributed by atoms with E-state index in [1.54, 1.807) is 26.1 Å². The SMILES string of the molecule is CCNC(=NCCOCCOC)NCCc1cccc(C(=O)N(C)C)c1. The van der Waals surface area contributed by atoms with Crippen molar-refractivity contribution < 1.29 is 14.3 Å². The molecule has 26 heavy (non-hydrogen) atoms. The molecule has 7 heteroatoms. The van der Waals surface area contributed by atoms with Gasteiger partial charge in [0.15, 0.2) is 5.96 Å². The number of benzene rings is 1. The fraction of sp³-hybridized carbons (Fsp3) is 0.579. The van der Waals surface area contributed by atoms with Crippen molar-refractivity contribution in [3.05, 3.63) is 35.4 Å². The third-order valence-corrected chi connectivity index (χ3v) is 3.57. The minimum Gasteiger partial charge on any atom is -0.382 e. The van der Waals surface area contributed by atoms with Gasteiger partial charge in [-0.05, 0) is 31.0 Å². The summed E-state index contributed by atoms with van der Waals surface area (Å²) in [5.74, 6) is 0.784. The van der Waals surface area contributed by atoms with E-state index in [1.807, 2.05) is 31.2 Å². The van der Waals surface area contributed by atoms with Crippen LogP contribution in [0.2, 0.25) is 0 Å². The average Bonchev–Trinajstić information content (AvgIpc) is 2.64. The van der Waals surface area contributed by atoms with E-state index in [9.17, 15) is 4.79 Å². The predicted octanol–water partition coefficient (Wildman–Crippen LogP) is 1.15. The van der Waals surface area contributed by atoms with Crippen molar-refractivity contribution in [1.29, 1.82) is 0 Å². The normalized spacial score (nSPS) is 11.3. The van der Waals surface area contributed by atoms with Crippen LogP contribution in [-0.4, -0.2) is 77.4 Å². The van der Waals surface area contributed by atoms with E-state index in [0.29, 0.717) is 31.9 Å². The Balaban J connectivity index is 2.44. The highest BCUT2D eigenvalue weighted by Crippen LogP contribution is 2.07. The molecule has 0 bridgehead atoms. The molecule has 7 nitrogen and oxygen atoms in total. The van der Waals surface area contributed by atoms with Crippen LogP contribution in [0.3, 0.4) is 0 Å². The summed E-state index contributed by atoms with van der Waals surface area (Å²) >= 11 is 0. The molecule has 0 fully saturated rings. The molecule has 2 N–H and O–H groups in total. The second-order valence-corrected chi connectivity index (χ2v) is 5.94. The van der Waals surface area contributed by atoms with Crippen molar-refractivity contribution >= 4 is 11.9 Å². The van der Waals surface area contributed by atoms with E-state index in [-0.39, 0.29) is 5.91 Å². The topological polar surface area (TPSA) is 75.2 Å². The van der Waals surface area contributed by atoms with E-state index in [0.717, 1.165) is 31.0 Å². The van der Waals surface area contributed by atoms with Gasteiger partial charge in [-0.2, -0.15) is 0 Å². The first-order valence-electron chi connectivity index (χ1n) is 8.98. The van der Waals surface area contributed by atoms with Gasteiger partial charge in [-0.3, -0.25) is 9.79 Å². The highest BCUT2D eigenvalue weighted by molar-refractivity contribution is 5.94. The van der Waals surface area contributed by atoms with Gasteiger partial charge in [0.2, 0.25) is 0 Å². The van der Waals surface area contributed by atoms with Gasteiger partial charge in [-0.25, -0.2) is 0 Å². The number of hydrogen-bond acceptors (Lipinski definition) is 4. The number of nitrogens with one attached hydrogen (secondary N) is 2. The van der Waals surface area contributed by atoms with E-state index in [1.165, 1.54) is 0 Å². The molecule has 146 valence electrons. The number of nitrogens with zero attached hydrogens (tertiary/aromatic N) is 2. The van der Waals surface area contributed by atoms with Gasteiger partial charge < -0.3 is 25.0 Å². The first-order valence-corrected chi connectivity index (χ1v) is 8.98. The molecule has 0 unspecified atom stereocenters. The molecule has 0 saturated heterocycles. The number of methoxy groups -OCH3 is 1. The fourth-order valence-corrected chi connectivity index (χ4v) is 2.25. The lowest BCUT2D eigenvalue weighted by Crippen LogP contribution is -2.38. The number of ether oxygens (including phenoxy) is 2. The van der Waals surface area contributed by atoms with Gasteiger partial charge in [-0.1, -0.05) is 12.1 Å². The summed E-state index contributed by atoms with van der Waals surface area (Å²) in [6, 6.07) is 7.73. The van der Waals surface area contributed by atoms with Gasteiger partial charge in [-0.15, -0.1) is 0 Å². The minimum absolute atomic E-state index is 0.0168. The lowest BCUT2D eigenvalue weighted by Gasteiger charge is -2.13. The van der Waals surface area contributed by atoms with Crippen LogP contribution < -0.4 is 10.6 Å². The van der Waals surface area contributed by atoms with Crippen LogP contribution in [0.25, 0.3) is 0 Å². The summed E-state index contributed by atoms with van der Waals surface area (Å²) in [7, 11) is 5.17. The molecule has 1 aromatic carbocycles. The van der Waals surface area contributed by atoms with E-state index < -0.39 is 0 Å². The molecule has 0 heterocycles. The van der Waals surface area contributed by atoms with Crippen LogP contribution in [0.1, 0.15) is 22.8 Å². The van der Waals surface area contributed by atoms with Crippen molar-refractivity contribution in [2.24, 2.45) is 4.99 Å². The van der Waals surface area contributed by atoms with Crippen LogP contribution in [0.4, 0.5) is 0 Å². The third kappa shape index (κ3) is 8.82. The Bertz CT molecular complexity index is 561. The summed E-state index contributed by atoms with van der Waals surface area (Å²) in [6.07, 6.45) is 0.809. The summed E-state index contributed by atoms with van der Waals surface area (Å²) in [5, 5.41) is 6.52. The minimum atomic E-state index is 0.0168. The van der Waals surface area contributed by atoms with Crippen LogP contribution >= 0.6 is 0 Å². The van der Waals surface area contributed by atoms with E-state index >= 15 is 0 Å². The Morgan fingerprint density at radius 2 is 2.00 bits per heavy atom. The van der Waals surface area contributed by atoms with Crippen LogP contribution in [0.15, 0.2) is 29.3 Å². The number of aliphatic imine (C=N–C) groups is 1. The molecule has 1 amide bonds. The Hall–Kier alpha value is -2.12. The standard InChI is InChI=1S/C19H32N4O3/c1-5-20-19(22-11-12-26-14-13-25-4)21-10-9-16-7-6-8-17(15-16)18(24)23(2)3/h6-8,15H,5,9-14H2,1-4H3,(H2,20,21,22). The summed E-state index contributed by atoms with van der Waals surface area (Å²) < 4.78 is 10.3. The van der Waals surface area contributed by atoms with Crippen LogP contribution in [0.5, 0.6) is 0 Å². The fourth-order valence-electron chi connectivity index (χ4n) is 2.25. The summed E-state index contributed by atoms with van der Waals surface area (Å²) in [5.41, 5.74) is 1.82. The first kappa shape index (κ1) is 21.9. The maximum Gasteiger partial charge on any atom is 0.253 e. The van der Waals surface area contributed by atoms with Crippen molar-refractivity contribution in [3.8, 4) is 0 Å². The predicted molar refractivity (Wildman–Crippen MR) is 105 cm³/mol. The van der Waals surface area contributed by atoms with Crippen LogP contribution in [-0.2, 0) is 15.9 Å². The van der Waals surface area contributed by atoms with Crippen molar-refractivity contribution in [2.75, 3.05) is 60.7 Å². The molecule has 0 aromatic heterocycles. The van der Waals surface area contributed by atoms with Gasteiger partial charge >= 0.3 is 0 Å². The van der Waals surface area contributed by atoms with Crippen molar-refractivity contribution in [1.82, 2.24) is 15.5 Å². The number of amides is 1. The Kier molecular flexibility index (Phi) is 11.1. The van der Waals surface area contributed by atoms with Crippen molar-refractivity contribution in [2.45, 2.75) is 13.3 Å².